The summed E-state index contributed by atoms with van der Waals surface area (Å²) < 4.78 is 0. The quantitative estimate of drug-likeness (QED) is 0.742. The second-order valence-corrected chi connectivity index (χ2v) is 6.43. The fourth-order valence-corrected chi connectivity index (χ4v) is 3.19. The van der Waals surface area contributed by atoms with Crippen molar-refractivity contribution in [3.05, 3.63) is 71.8 Å². The first-order valence-corrected chi connectivity index (χ1v) is 8.78. The maximum Gasteiger partial charge on any atom is 0.336 e. The number of aliphatic hydroxyl groups excluding tert-OH is 1. The fourth-order valence-electron chi connectivity index (χ4n) is 3.19. The van der Waals surface area contributed by atoms with Crippen LogP contribution in [0.2, 0.25) is 0 Å². The third-order valence-corrected chi connectivity index (χ3v) is 4.73. The smallest absolute Gasteiger partial charge is 0.336 e. The molecule has 1 atom stereocenters. The number of urea groups is 1. The van der Waals surface area contributed by atoms with Crippen molar-refractivity contribution < 1.29 is 14.7 Å². The normalized spacial score (nSPS) is 16.0. The minimum atomic E-state index is -0.515. The lowest BCUT2D eigenvalue weighted by Gasteiger charge is -2.34. The van der Waals surface area contributed by atoms with Crippen LogP contribution in [0.3, 0.4) is 0 Å². The zero-order valence-electron chi connectivity index (χ0n) is 14.5. The molecule has 0 aromatic heterocycles. The topological polar surface area (TPSA) is 81.7 Å². The summed E-state index contributed by atoms with van der Waals surface area (Å²) in [7, 11) is 0. The maximum atomic E-state index is 12.2. The predicted octanol–water partition coefficient (Wildman–Crippen LogP) is 2.49. The Labute approximate surface area is 152 Å². The largest absolute Gasteiger partial charge is 0.388 e. The van der Waals surface area contributed by atoms with E-state index in [4.69, 9.17) is 0 Å². The first kappa shape index (κ1) is 17.9. The van der Waals surface area contributed by atoms with Crippen LogP contribution in [0.25, 0.3) is 0 Å². The van der Waals surface area contributed by atoms with Crippen LogP contribution >= 0.6 is 0 Å². The Morgan fingerprint density at radius 1 is 0.923 bits per heavy atom. The Bertz CT molecular complexity index is 728. The molecule has 0 saturated carbocycles. The Balaban J connectivity index is 1.46. The Morgan fingerprint density at radius 2 is 1.50 bits per heavy atom. The van der Waals surface area contributed by atoms with Crippen LogP contribution in [0.5, 0.6) is 0 Å². The van der Waals surface area contributed by atoms with E-state index in [-0.39, 0.29) is 17.9 Å². The highest BCUT2D eigenvalue weighted by Crippen LogP contribution is 2.30. The van der Waals surface area contributed by atoms with Crippen LogP contribution in [0, 0.1) is 5.92 Å². The van der Waals surface area contributed by atoms with Gasteiger partial charge in [0.25, 0.3) is 5.91 Å². The molecule has 1 saturated heterocycles. The molecule has 1 heterocycles. The molecular formula is C20H23N3O3. The molecule has 3 amide bonds. The van der Waals surface area contributed by atoms with Crippen molar-refractivity contribution in [1.29, 1.82) is 0 Å². The summed E-state index contributed by atoms with van der Waals surface area (Å²) in [6.45, 7) is 1.09. The van der Waals surface area contributed by atoms with Gasteiger partial charge >= 0.3 is 6.03 Å². The number of hydrogen-bond donors (Lipinski definition) is 3. The summed E-state index contributed by atoms with van der Waals surface area (Å²) >= 11 is 0. The molecule has 2 aromatic carbocycles. The van der Waals surface area contributed by atoms with Gasteiger partial charge < -0.3 is 10.0 Å². The first-order valence-electron chi connectivity index (χ1n) is 8.78. The van der Waals surface area contributed by atoms with E-state index in [9.17, 15) is 14.7 Å². The van der Waals surface area contributed by atoms with Crippen LogP contribution in [-0.2, 0) is 0 Å². The molecule has 0 aliphatic carbocycles. The maximum absolute atomic E-state index is 12.2. The number of carbonyl (C=O) groups is 2. The third kappa shape index (κ3) is 4.40. The van der Waals surface area contributed by atoms with Crippen LogP contribution in [-0.4, -0.2) is 35.0 Å². The zero-order valence-corrected chi connectivity index (χ0v) is 14.5. The second-order valence-electron chi connectivity index (χ2n) is 6.43. The van der Waals surface area contributed by atoms with Crippen LogP contribution < -0.4 is 10.9 Å². The van der Waals surface area contributed by atoms with Crippen molar-refractivity contribution in [2.24, 2.45) is 5.92 Å². The minimum absolute atomic E-state index is 0.125. The molecule has 0 bridgehead atoms. The van der Waals surface area contributed by atoms with E-state index in [1.54, 1.807) is 29.2 Å². The molecule has 0 spiro atoms. The van der Waals surface area contributed by atoms with Crippen molar-refractivity contribution >= 4 is 11.9 Å². The summed E-state index contributed by atoms with van der Waals surface area (Å²) in [4.78, 5) is 25.8. The van der Waals surface area contributed by atoms with Crippen LogP contribution in [0.1, 0.15) is 34.9 Å². The van der Waals surface area contributed by atoms with E-state index in [0.29, 0.717) is 18.7 Å². The first-order chi connectivity index (χ1) is 12.6. The molecule has 6 heteroatoms. The molecule has 1 fully saturated rings. The van der Waals surface area contributed by atoms with E-state index in [1.807, 2.05) is 36.4 Å². The highest BCUT2D eigenvalue weighted by atomic mass is 16.3. The summed E-state index contributed by atoms with van der Waals surface area (Å²) in [5.41, 5.74) is 6.27. The number of benzene rings is 2. The number of aliphatic hydroxyl groups is 1. The molecular weight excluding hydrogens is 330 g/mol. The number of hydrazine groups is 1. The number of amides is 3. The van der Waals surface area contributed by atoms with Crippen molar-refractivity contribution in [1.82, 2.24) is 15.8 Å². The monoisotopic (exact) mass is 353 g/mol. The van der Waals surface area contributed by atoms with Gasteiger partial charge in [0.2, 0.25) is 0 Å². The van der Waals surface area contributed by atoms with Gasteiger partial charge in [0.1, 0.15) is 0 Å². The average molecular weight is 353 g/mol. The van der Waals surface area contributed by atoms with Crippen molar-refractivity contribution in [2.45, 2.75) is 18.9 Å². The molecule has 3 rings (SSSR count). The van der Waals surface area contributed by atoms with Crippen LogP contribution in [0.4, 0.5) is 4.79 Å². The summed E-state index contributed by atoms with van der Waals surface area (Å²) in [5, 5.41) is 10.5. The van der Waals surface area contributed by atoms with Gasteiger partial charge in [0, 0.05) is 18.7 Å². The zero-order chi connectivity index (χ0) is 18.4. The number of nitrogens with one attached hydrogen (secondary N) is 2. The summed E-state index contributed by atoms with van der Waals surface area (Å²) in [5.74, 6) is -0.228. The molecule has 26 heavy (non-hydrogen) atoms. The molecule has 1 aliphatic heterocycles. The Kier molecular flexibility index (Phi) is 5.86. The molecule has 6 nitrogen and oxygen atoms in total. The number of carbonyl (C=O) groups excluding carboxylic acids is 2. The average Bonchev–Trinajstić information content (AvgIpc) is 2.72. The SMILES string of the molecule is O=C(NNC(=O)N1CCC([C@H](O)c2ccccc2)CC1)c1ccccc1. The van der Waals surface area contributed by atoms with Gasteiger partial charge in [-0.25, -0.2) is 10.2 Å². The highest BCUT2D eigenvalue weighted by Gasteiger charge is 2.28. The molecule has 0 unspecified atom stereocenters. The molecule has 3 N–H and O–H groups in total. The Morgan fingerprint density at radius 3 is 2.12 bits per heavy atom. The lowest BCUT2D eigenvalue weighted by Crippen LogP contribution is -2.51. The fraction of sp³-hybridized carbons (Fsp3) is 0.300. The number of nitrogens with zero attached hydrogens (tertiary/aromatic N) is 1. The number of rotatable bonds is 3. The van der Waals surface area contributed by atoms with E-state index >= 15 is 0 Å². The lowest BCUT2D eigenvalue weighted by atomic mass is 9.87. The number of hydrogen-bond acceptors (Lipinski definition) is 3. The van der Waals surface area contributed by atoms with Gasteiger partial charge in [-0.2, -0.15) is 0 Å². The van der Waals surface area contributed by atoms with Gasteiger partial charge in [0.05, 0.1) is 6.10 Å². The molecule has 0 radical (unpaired) electrons. The van der Waals surface area contributed by atoms with Gasteiger partial charge in [-0.1, -0.05) is 48.5 Å². The van der Waals surface area contributed by atoms with Crippen LogP contribution in [0.15, 0.2) is 60.7 Å². The van der Waals surface area contributed by atoms with Gasteiger partial charge in [-0.15, -0.1) is 0 Å². The highest BCUT2D eigenvalue weighted by molar-refractivity contribution is 5.95. The second kappa shape index (κ2) is 8.49. The van der Waals surface area contributed by atoms with E-state index in [0.717, 1.165) is 18.4 Å². The predicted molar refractivity (Wildman–Crippen MR) is 98.1 cm³/mol. The summed E-state index contributed by atoms with van der Waals surface area (Å²) in [6, 6.07) is 18.0. The number of piperidine rings is 1. The summed E-state index contributed by atoms with van der Waals surface area (Å²) in [6.07, 6.45) is 0.922. The van der Waals surface area contributed by atoms with E-state index in [2.05, 4.69) is 10.9 Å². The van der Waals surface area contributed by atoms with E-state index in [1.165, 1.54) is 0 Å². The lowest BCUT2D eigenvalue weighted by molar-refractivity contribution is 0.0656. The molecule has 136 valence electrons. The van der Waals surface area contributed by atoms with Gasteiger partial charge in [-0.3, -0.25) is 10.2 Å². The van der Waals surface area contributed by atoms with E-state index < -0.39 is 6.10 Å². The van der Waals surface area contributed by atoms with Gasteiger partial charge in [0.15, 0.2) is 0 Å². The van der Waals surface area contributed by atoms with Crippen molar-refractivity contribution in [3.8, 4) is 0 Å². The standard InChI is InChI=1S/C20H23N3O3/c24-18(15-7-3-1-4-8-15)16-11-13-23(14-12-16)20(26)22-21-19(25)17-9-5-2-6-10-17/h1-10,16,18,24H,11-14H2,(H,21,25)(H,22,26)/t18-/m1/s1. The minimum Gasteiger partial charge on any atom is -0.388 e. The van der Waals surface area contributed by atoms with Gasteiger partial charge in [-0.05, 0) is 36.5 Å². The molecule has 2 aromatic rings. The van der Waals surface area contributed by atoms with Crippen molar-refractivity contribution in [2.75, 3.05) is 13.1 Å². The Hall–Kier alpha value is -2.86. The van der Waals surface area contributed by atoms with Crippen molar-refractivity contribution in [3.63, 3.8) is 0 Å². The third-order valence-electron chi connectivity index (χ3n) is 4.73. The number of likely N-dealkylation sites (tertiary alicyclic amines) is 1. The molecule has 1 aliphatic rings.